The Labute approximate surface area is 186 Å². The van der Waals surface area contributed by atoms with Gasteiger partial charge in [-0.3, -0.25) is 9.44 Å². The van der Waals surface area contributed by atoms with E-state index in [1.807, 2.05) is 24.3 Å². The van der Waals surface area contributed by atoms with E-state index >= 15 is 0 Å². The van der Waals surface area contributed by atoms with Gasteiger partial charge in [0, 0.05) is 11.4 Å². The second kappa shape index (κ2) is 8.52. The smallest absolute Gasteiger partial charge is 0.261 e. The maximum absolute atomic E-state index is 12.8. The molecule has 0 spiro atoms. The van der Waals surface area contributed by atoms with Gasteiger partial charge in [-0.25, -0.2) is 16.8 Å². The minimum atomic E-state index is -3.84. The summed E-state index contributed by atoms with van der Waals surface area (Å²) in [6.07, 6.45) is 0. The molecule has 7 nitrogen and oxygen atoms in total. The summed E-state index contributed by atoms with van der Waals surface area (Å²) in [6.45, 7) is 0. The van der Waals surface area contributed by atoms with Crippen LogP contribution < -0.4 is 14.2 Å². The van der Waals surface area contributed by atoms with Crippen LogP contribution in [0.4, 0.5) is 11.4 Å². The van der Waals surface area contributed by atoms with Crippen molar-refractivity contribution in [2.75, 3.05) is 16.6 Å². The average Bonchev–Trinajstić information content (AvgIpc) is 2.79. The van der Waals surface area contributed by atoms with Crippen molar-refractivity contribution in [2.24, 2.45) is 0 Å². The Balaban J connectivity index is 1.52. The van der Waals surface area contributed by atoms with Crippen molar-refractivity contribution in [1.82, 2.24) is 0 Å². The molecule has 0 saturated carbocycles. The zero-order chi connectivity index (χ0) is 22.8. The fourth-order valence-corrected chi connectivity index (χ4v) is 5.28. The topological polar surface area (TPSA) is 102 Å². The summed E-state index contributed by atoms with van der Waals surface area (Å²) in [6, 6.07) is 24.3. The third-order valence-corrected chi connectivity index (χ3v) is 7.57. The minimum Gasteiger partial charge on any atom is -0.497 e. The molecule has 0 radical (unpaired) electrons. The van der Waals surface area contributed by atoms with E-state index in [4.69, 9.17) is 4.74 Å². The van der Waals surface area contributed by atoms with Gasteiger partial charge in [0.05, 0.1) is 16.9 Å². The van der Waals surface area contributed by atoms with E-state index in [-0.39, 0.29) is 15.5 Å². The molecule has 0 aromatic heterocycles. The van der Waals surface area contributed by atoms with E-state index in [0.29, 0.717) is 11.4 Å². The largest absolute Gasteiger partial charge is 0.497 e. The molecule has 0 atom stereocenters. The molecule has 9 heteroatoms. The van der Waals surface area contributed by atoms with Crippen LogP contribution in [0, 0.1) is 0 Å². The van der Waals surface area contributed by atoms with Crippen molar-refractivity contribution in [3.05, 3.63) is 91.0 Å². The van der Waals surface area contributed by atoms with Crippen molar-refractivity contribution in [1.29, 1.82) is 0 Å². The van der Waals surface area contributed by atoms with Crippen molar-refractivity contribution in [2.45, 2.75) is 9.79 Å². The second-order valence-corrected chi connectivity index (χ2v) is 10.3. The summed E-state index contributed by atoms with van der Waals surface area (Å²) >= 11 is 0. The summed E-state index contributed by atoms with van der Waals surface area (Å²) in [5.74, 6) is 0.607. The summed E-state index contributed by atoms with van der Waals surface area (Å²) < 4.78 is 60.8. The van der Waals surface area contributed by atoms with Gasteiger partial charge in [-0.15, -0.1) is 0 Å². The first-order valence-electron chi connectivity index (χ1n) is 9.55. The third-order valence-electron chi connectivity index (χ3n) is 4.79. The Morgan fingerprint density at radius 2 is 1.09 bits per heavy atom. The number of sulfonamides is 2. The zero-order valence-corrected chi connectivity index (χ0v) is 18.7. The van der Waals surface area contributed by atoms with Gasteiger partial charge in [0.2, 0.25) is 0 Å². The fourth-order valence-electron chi connectivity index (χ4n) is 3.12. The lowest BCUT2D eigenvalue weighted by atomic mass is 10.1. The van der Waals surface area contributed by atoms with Crippen molar-refractivity contribution >= 4 is 42.2 Å². The lowest BCUT2D eigenvalue weighted by molar-refractivity contribution is 0.415. The molecule has 32 heavy (non-hydrogen) atoms. The Hall–Kier alpha value is -3.56. The molecule has 0 fully saturated rings. The first kappa shape index (κ1) is 21.7. The predicted octanol–water partition coefficient (Wildman–Crippen LogP) is 4.45. The molecule has 0 aliphatic rings. The monoisotopic (exact) mass is 468 g/mol. The molecule has 0 bridgehead atoms. The molecule has 0 heterocycles. The van der Waals surface area contributed by atoms with Gasteiger partial charge in [-0.2, -0.15) is 0 Å². The third kappa shape index (κ3) is 4.68. The van der Waals surface area contributed by atoms with Gasteiger partial charge >= 0.3 is 0 Å². The van der Waals surface area contributed by atoms with E-state index in [2.05, 4.69) is 9.44 Å². The first-order valence-corrected chi connectivity index (χ1v) is 12.5. The van der Waals surface area contributed by atoms with Gasteiger partial charge < -0.3 is 4.74 Å². The van der Waals surface area contributed by atoms with Gasteiger partial charge in [-0.1, -0.05) is 30.3 Å². The van der Waals surface area contributed by atoms with Crippen LogP contribution in [0.2, 0.25) is 0 Å². The van der Waals surface area contributed by atoms with Crippen molar-refractivity contribution in [3.8, 4) is 5.75 Å². The van der Waals surface area contributed by atoms with Crippen LogP contribution in [-0.2, 0) is 20.0 Å². The van der Waals surface area contributed by atoms with E-state index in [9.17, 15) is 16.8 Å². The number of fused-ring (bicyclic) bond motifs is 1. The predicted molar refractivity (Wildman–Crippen MR) is 125 cm³/mol. The summed E-state index contributed by atoms with van der Waals surface area (Å²) in [5.41, 5.74) is 0.633. The van der Waals surface area contributed by atoms with E-state index in [1.54, 1.807) is 36.4 Å². The number of anilines is 2. The highest BCUT2D eigenvalue weighted by molar-refractivity contribution is 7.93. The van der Waals surface area contributed by atoms with E-state index in [0.717, 1.165) is 10.8 Å². The van der Waals surface area contributed by atoms with Gasteiger partial charge in [0.1, 0.15) is 5.75 Å². The molecule has 2 N–H and O–H groups in total. The Bertz CT molecular complexity index is 1470. The Kier molecular flexibility index (Phi) is 5.77. The van der Waals surface area contributed by atoms with Crippen molar-refractivity contribution in [3.63, 3.8) is 0 Å². The molecule has 0 saturated heterocycles. The van der Waals surface area contributed by atoms with Crippen LogP contribution in [0.3, 0.4) is 0 Å². The standard InChI is InChI=1S/C23H20N2O5S2/c1-30-21-11-7-19(8-12-21)24-31(26,27)22-14-9-20(10-15-22)25-32(28,29)23-13-6-17-4-2-3-5-18(17)16-23/h2-16,24-25H,1H3. The van der Waals surface area contributed by atoms with E-state index < -0.39 is 20.0 Å². The number of benzene rings is 4. The van der Waals surface area contributed by atoms with Crippen LogP contribution >= 0.6 is 0 Å². The van der Waals surface area contributed by atoms with Crippen LogP contribution in [0.25, 0.3) is 10.8 Å². The Morgan fingerprint density at radius 3 is 1.69 bits per heavy atom. The normalized spacial score (nSPS) is 11.8. The molecule has 4 rings (SSSR count). The number of methoxy groups -OCH3 is 1. The molecule has 4 aromatic rings. The molecule has 0 aliphatic carbocycles. The quantitative estimate of drug-likeness (QED) is 0.417. The molecule has 4 aromatic carbocycles. The van der Waals surface area contributed by atoms with Crippen LogP contribution in [0.15, 0.2) is 101 Å². The molecule has 164 valence electrons. The fraction of sp³-hybridized carbons (Fsp3) is 0.0435. The van der Waals surface area contributed by atoms with Crippen LogP contribution in [0.1, 0.15) is 0 Å². The number of ether oxygens (including phenoxy) is 1. The lowest BCUT2D eigenvalue weighted by Gasteiger charge is -2.11. The number of hydrogen-bond acceptors (Lipinski definition) is 5. The van der Waals surface area contributed by atoms with Crippen LogP contribution in [0.5, 0.6) is 5.75 Å². The Morgan fingerprint density at radius 1 is 0.594 bits per heavy atom. The molecular formula is C23H20N2O5S2. The van der Waals surface area contributed by atoms with Gasteiger partial charge in [-0.05, 0) is 71.4 Å². The molecule has 0 aliphatic heterocycles. The summed E-state index contributed by atoms with van der Waals surface area (Å²) in [5, 5.41) is 1.74. The number of nitrogens with one attached hydrogen (secondary N) is 2. The molecule has 0 amide bonds. The maximum atomic E-state index is 12.8. The molecular weight excluding hydrogens is 448 g/mol. The number of hydrogen-bond donors (Lipinski definition) is 2. The maximum Gasteiger partial charge on any atom is 0.261 e. The SMILES string of the molecule is COc1ccc(NS(=O)(=O)c2ccc(NS(=O)(=O)c3ccc4ccccc4c3)cc2)cc1. The molecule has 0 unspecified atom stereocenters. The van der Waals surface area contributed by atoms with Gasteiger partial charge in [0.15, 0.2) is 0 Å². The highest BCUT2D eigenvalue weighted by Crippen LogP contribution is 2.24. The summed E-state index contributed by atoms with van der Waals surface area (Å²) in [4.78, 5) is 0.121. The highest BCUT2D eigenvalue weighted by atomic mass is 32.2. The minimum absolute atomic E-state index is 0.00183. The first-order chi connectivity index (χ1) is 15.3. The van der Waals surface area contributed by atoms with Crippen molar-refractivity contribution < 1.29 is 21.6 Å². The lowest BCUT2D eigenvalue weighted by Crippen LogP contribution is -2.14. The van der Waals surface area contributed by atoms with Crippen LogP contribution in [-0.4, -0.2) is 23.9 Å². The zero-order valence-electron chi connectivity index (χ0n) is 17.0. The average molecular weight is 469 g/mol. The second-order valence-electron chi connectivity index (χ2n) is 6.97. The summed E-state index contributed by atoms with van der Waals surface area (Å²) in [7, 11) is -6.15. The highest BCUT2D eigenvalue weighted by Gasteiger charge is 2.17. The number of rotatable bonds is 7. The van der Waals surface area contributed by atoms with E-state index in [1.165, 1.54) is 37.4 Å². The van der Waals surface area contributed by atoms with Gasteiger partial charge in [0.25, 0.3) is 20.0 Å².